The Morgan fingerprint density at radius 3 is 2.50 bits per heavy atom. The van der Waals surface area contributed by atoms with E-state index in [4.69, 9.17) is 20.2 Å². The maximum atomic E-state index is 8.78. The number of rotatable bonds is 4. The van der Waals surface area contributed by atoms with Crippen LogP contribution >= 0.6 is 0 Å². The van der Waals surface area contributed by atoms with Crippen molar-refractivity contribution in [3.63, 3.8) is 0 Å². The molecule has 0 atom stereocenters. The quantitative estimate of drug-likeness (QED) is 0.720. The average molecular weight is 193 g/mol. The fourth-order valence-corrected chi connectivity index (χ4v) is 0.974. The van der Waals surface area contributed by atoms with Crippen LogP contribution in [-0.4, -0.2) is 29.5 Å². The van der Waals surface area contributed by atoms with Crippen LogP contribution in [0.2, 0.25) is 0 Å². The molecule has 0 spiro atoms. The predicted molar refractivity (Wildman–Crippen MR) is 49.7 cm³/mol. The van der Waals surface area contributed by atoms with Gasteiger partial charge in [-0.2, -0.15) is 5.26 Å². The molecule has 1 aromatic carbocycles. The molecule has 0 aromatic heterocycles. The molecule has 1 rings (SSSR count). The largest absolute Gasteiger partial charge is 0.484 e. The SMILES string of the molecule is N#Cc1ccccc1OC(CO)CO. The highest BCUT2D eigenvalue weighted by molar-refractivity contribution is 5.42. The molecule has 4 nitrogen and oxygen atoms in total. The molecule has 0 saturated heterocycles. The molecule has 0 amide bonds. The lowest BCUT2D eigenvalue weighted by molar-refractivity contribution is 0.0627. The highest BCUT2D eigenvalue weighted by Gasteiger charge is 2.09. The lowest BCUT2D eigenvalue weighted by Crippen LogP contribution is -2.25. The summed E-state index contributed by atoms with van der Waals surface area (Å²) in [6, 6.07) is 8.64. The van der Waals surface area contributed by atoms with Gasteiger partial charge in [-0.1, -0.05) is 12.1 Å². The molecule has 0 aliphatic carbocycles. The summed E-state index contributed by atoms with van der Waals surface area (Å²) in [5.41, 5.74) is 0.388. The van der Waals surface area contributed by atoms with E-state index in [1.54, 1.807) is 24.3 Å². The van der Waals surface area contributed by atoms with E-state index in [0.717, 1.165) is 0 Å². The van der Waals surface area contributed by atoms with Crippen molar-refractivity contribution in [3.8, 4) is 11.8 Å². The Bertz CT molecular complexity index is 328. The molecule has 0 heterocycles. The summed E-state index contributed by atoms with van der Waals surface area (Å²) < 4.78 is 5.21. The van der Waals surface area contributed by atoms with Gasteiger partial charge in [-0.25, -0.2) is 0 Å². The highest BCUT2D eigenvalue weighted by Crippen LogP contribution is 2.17. The number of ether oxygens (including phenoxy) is 1. The van der Waals surface area contributed by atoms with Crippen LogP contribution in [0.5, 0.6) is 5.75 Å². The first-order valence-corrected chi connectivity index (χ1v) is 4.19. The van der Waals surface area contributed by atoms with Gasteiger partial charge in [0, 0.05) is 0 Å². The van der Waals surface area contributed by atoms with Crippen molar-refractivity contribution < 1.29 is 14.9 Å². The minimum atomic E-state index is -0.676. The zero-order valence-electron chi connectivity index (χ0n) is 7.55. The van der Waals surface area contributed by atoms with Crippen LogP contribution in [-0.2, 0) is 0 Å². The predicted octanol–water partition coefficient (Wildman–Crippen LogP) is 0.290. The van der Waals surface area contributed by atoms with Crippen molar-refractivity contribution in [2.75, 3.05) is 13.2 Å². The Labute approximate surface area is 82.0 Å². The minimum Gasteiger partial charge on any atom is -0.484 e. The average Bonchev–Trinajstić information content (AvgIpc) is 2.26. The van der Waals surface area contributed by atoms with Crippen molar-refractivity contribution in [3.05, 3.63) is 29.8 Å². The van der Waals surface area contributed by atoms with Gasteiger partial charge >= 0.3 is 0 Å². The van der Waals surface area contributed by atoms with E-state index < -0.39 is 6.10 Å². The topological polar surface area (TPSA) is 73.5 Å². The van der Waals surface area contributed by atoms with Crippen molar-refractivity contribution >= 4 is 0 Å². The van der Waals surface area contributed by atoms with Gasteiger partial charge in [-0.3, -0.25) is 0 Å². The molecule has 0 unspecified atom stereocenters. The number of nitrogens with zero attached hydrogens (tertiary/aromatic N) is 1. The summed E-state index contributed by atoms with van der Waals surface area (Å²) >= 11 is 0. The van der Waals surface area contributed by atoms with Gasteiger partial charge in [-0.15, -0.1) is 0 Å². The number of benzene rings is 1. The van der Waals surface area contributed by atoms with Crippen LogP contribution in [0.1, 0.15) is 5.56 Å². The molecular weight excluding hydrogens is 182 g/mol. The lowest BCUT2D eigenvalue weighted by atomic mass is 10.2. The van der Waals surface area contributed by atoms with Crippen molar-refractivity contribution in [2.45, 2.75) is 6.10 Å². The summed E-state index contributed by atoms with van der Waals surface area (Å²) in [7, 11) is 0. The Morgan fingerprint density at radius 2 is 1.93 bits per heavy atom. The summed E-state index contributed by atoms with van der Waals surface area (Å²) in [4.78, 5) is 0. The van der Waals surface area contributed by atoms with Crippen LogP contribution in [0.25, 0.3) is 0 Å². The minimum absolute atomic E-state index is 0.281. The summed E-state index contributed by atoms with van der Waals surface area (Å²) in [5.74, 6) is 0.378. The van der Waals surface area contributed by atoms with E-state index >= 15 is 0 Å². The van der Waals surface area contributed by atoms with E-state index in [2.05, 4.69) is 0 Å². The first kappa shape index (κ1) is 10.5. The smallest absolute Gasteiger partial charge is 0.145 e. The molecule has 0 bridgehead atoms. The third kappa shape index (κ3) is 2.46. The molecular formula is C10H11NO3. The maximum Gasteiger partial charge on any atom is 0.145 e. The fraction of sp³-hybridized carbons (Fsp3) is 0.300. The van der Waals surface area contributed by atoms with Gasteiger partial charge in [0.05, 0.1) is 18.8 Å². The molecule has 4 heteroatoms. The van der Waals surface area contributed by atoms with E-state index in [9.17, 15) is 0 Å². The number of aliphatic hydroxyl groups is 2. The second-order valence-electron chi connectivity index (χ2n) is 2.71. The van der Waals surface area contributed by atoms with E-state index in [1.807, 2.05) is 6.07 Å². The van der Waals surface area contributed by atoms with E-state index in [1.165, 1.54) is 0 Å². The van der Waals surface area contributed by atoms with Crippen LogP contribution in [0.3, 0.4) is 0 Å². The number of hydrogen-bond acceptors (Lipinski definition) is 4. The van der Waals surface area contributed by atoms with Crippen LogP contribution in [0.15, 0.2) is 24.3 Å². The monoisotopic (exact) mass is 193 g/mol. The van der Waals surface area contributed by atoms with Crippen LogP contribution in [0, 0.1) is 11.3 Å². The second kappa shape index (κ2) is 5.22. The second-order valence-corrected chi connectivity index (χ2v) is 2.71. The molecule has 0 saturated carbocycles. The lowest BCUT2D eigenvalue weighted by Gasteiger charge is -2.14. The van der Waals surface area contributed by atoms with Gasteiger partial charge in [0.2, 0.25) is 0 Å². The third-order valence-electron chi connectivity index (χ3n) is 1.71. The summed E-state index contributed by atoms with van der Waals surface area (Å²) in [6.07, 6.45) is -0.676. The fourth-order valence-electron chi connectivity index (χ4n) is 0.974. The number of hydrogen-bond donors (Lipinski definition) is 2. The van der Waals surface area contributed by atoms with E-state index in [-0.39, 0.29) is 13.2 Å². The zero-order chi connectivity index (χ0) is 10.4. The van der Waals surface area contributed by atoms with Crippen molar-refractivity contribution in [1.29, 1.82) is 5.26 Å². The normalized spacial score (nSPS) is 9.86. The molecule has 0 radical (unpaired) electrons. The van der Waals surface area contributed by atoms with Gasteiger partial charge < -0.3 is 14.9 Å². The Hall–Kier alpha value is -1.57. The third-order valence-corrected chi connectivity index (χ3v) is 1.71. The Balaban J connectivity index is 2.80. The van der Waals surface area contributed by atoms with Gasteiger partial charge in [0.15, 0.2) is 0 Å². The van der Waals surface area contributed by atoms with Gasteiger partial charge in [0.1, 0.15) is 17.9 Å². The molecule has 74 valence electrons. The molecule has 1 aromatic rings. The van der Waals surface area contributed by atoms with Gasteiger partial charge in [0.25, 0.3) is 0 Å². The standard InChI is InChI=1S/C10H11NO3/c11-5-8-3-1-2-4-10(8)14-9(6-12)7-13/h1-4,9,12-13H,6-7H2. The van der Waals surface area contributed by atoms with Crippen LogP contribution in [0.4, 0.5) is 0 Å². The zero-order valence-corrected chi connectivity index (χ0v) is 7.55. The number of aliphatic hydroxyl groups excluding tert-OH is 2. The molecule has 0 fully saturated rings. The Kier molecular flexibility index (Phi) is 3.92. The first-order chi connectivity index (χ1) is 6.81. The molecule has 0 aliphatic heterocycles. The number of nitriles is 1. The van der Waals surface area contributed by atoms with E-state index in [0.29, 0.717) is 11.3 Å². The first-order valence-electron chi connectivity index (χ1n) is 4.19. The highest BCUT2D eigenvalue weighted by atomic mass is 16.5. The summed E-state index contributed by atoms with van der Waals surface area (Å²) in [5, 5.41) is 26.3. The maximum absolute atomic E-state index is 8.78. The van der Waals surface area contributed by atoms with Gasteiger partial charge in [-0.05, 0) is 12.1 Å². The summed E-state index contributed by atoms with van der Waals surface area (Å²) in [6.45, 7) is -0.563. The molecule has 14 heavy (non-hydrogen) atoms. The molecule has 2 N–H and O–H groups in total. The van der Waals surface area contributed by atoms with Crippen molar-refractivity contribution in [1.82, 2.24) is 0 Å². The van der Waals surface area contributed by atoms with Crippen LogP contribution < -0.4 is 4.74 Å². The Morgan fingerprint density at radius 1 is 1.29 bits per heavy atom. The molecule has 0 aliphatic rings. The van der Waals surface area contributed by atoms with Crippen molar-refractivity contribution in [2.24, 2.45) is 0 Å². The number of para-hydroxylation sites is 1.